The Morgan fingerprint density at radius 1 is 1.09 bits per heavy atom. The van der Waals surface area contributed by atoms with Gasteiger partial charge in [-0.2, -0.15) is 0 Å². The average molecular weight is 387 g/mol. The number of rotatable bonds is 6. The second-order valence-electron chi connectivity index (χ2n) is 4.72. The summed E-state index contributed by atoms with van der Waals surface area (Å²) in [6.45, 7) is 0. The molecule has 6 heteroatoms. The number of hydrogen-bond donors (Lipinski definition) is 0. The minimum Gasteiger partial charge on any atom is -0.497 e. The third-order valence-corrected chi connectivity index (χ3v) is 5.76. The first-order valence-corrected chi connectivity index (χ1v) is 9.67. The predicted octanol–water partition coefficient (Wildman–Crippen LogP) is 6.33. The molecule has 0 spiro atoms. The smallest absolute Gasteiger partial charge is 0.246 e. The number of aryl methyl sites for hydroxylation is 1. The number of methoxy groups -OCH3 is 1. The molecule has 0 atom stereocenters. The molecule has 0 aliphatic rings. The molecule has 2 nitrogen and oxygen atoms in total. The number of hydrogen-bond acceptors (Lipinski definition) is 4. The van der Waals surface area contributed by atoms with Gasteiger partial charge in [-0.25, -0.2) is 0 Å². The van der Waals surface area contributed by atoms with E-state index in [1.807, 2.05) is 30.3 Å². The zero-order valence-electron chi connectivity index (χ0n) is 12.6. The van der Waals surface area contributed by atoms with E-state index in [-0.39, 0.29) is 4.45 Å². The Hall–Kier alpha value is -0.810. The quantitative estimate of drug-likeness (QED) is 0.578. The molecule has 0 aliphatic carbocycles. The highest BCUT2D eigenvalue weighted by molar-refractivity contribution is 8.38. The van der Waals surface area contributed by atoms with E-state index < -0.39 is 0 Å². The van der Waals surface area contributed by atoms with E-state index >= 15 is 0 Å². The number of halogens is 2. The van der Waals surface area contributed by atoms with Crippen LogP contribution in [0.15, 0.2) is 42.5 Å². The molecule has 2 aromatic rings. The lowest BCUT2D eigenvalue weighted by Gasteiger charge is -2.05. The summed E-state index contributed by atoms with van der Waals surface area (Å²) >= 11 is 14.6. The summed E-state index contributed by atoms with van der Waals surface area (Å²) in [6, 6.07) is 13.2. The highest BCUT2D eigenvalue weighted by Crippen LogP contribution is 2.28. The fraction of sp³-hybridized carbons (Fsp3) is 0.235. The number of carbonyl (C=O) groups is 1. The van der Waals surface area contributed by atoms with Crippen LogP contribution in [0.1, 0.15) is 11.1 Å². The zero-order valence-corrected chi connectivity index (χ0v) is 15.7. The molecule has 0 unspecified atom stereocenters. The average Bonchev–Trinajstić information content (AvgIpc) is 2.54. The van der Waals surface area contributed by atoms with Gasteiger partial charge in [-0.15, -0.1) is 0 Å². The molecule has 0 fully saturated rings. The van der Waals surface area contributed by atoms with Crippen molar-refractivity contribution in [3.05, 3.63) is 63.6 Å². The normalized spacial score (nSPS) is 10.6. The Labute approximate surface area is 154 Å². The summed E-state index contributed by atoms with van der Waals surface area (Å²) in [6.07, 6.45) is 0.850. The zero-order chi connectivity index (χ0) is 16.7. The molecule has 0 N–H and O–H groups in total. The van der Waals surface area contributed by atoms with E-state index in [0.717, 1.165) is 23.5 Å². The third-order valence-electron chi connectivity index (χ3n) is 3.13. The fourth-order valence-corrected chi connectivity index (χ4v) is 4.21. The highest BCUT2D eigenvalue weighted by Gasteiger charge is 2.07. The molecule has 0 amide bonds. The van der Waals surface area contributed by atoms with Crippen molar-refractivity contribution in [2.45, 2.75) is 12.2 Å². The molecule has 23 heavy (non-hydrogen) atoms. The third kappa shape index (κ3) is 6.30. The maximum Gasteiger partial charge on any atom is 0.246 e. The standard InChI is InChI=1S/C17H16Cl2O2S2/c1-21-15-6-2-12(3-7-15)8-9-22-17(20)23-11-13-4-5-14(18)10-16(13)19/h2-7,10H,8-9,11H2,1H3. The van der Waals surface area contributed by atoms with Crippen LogP contribution in [-0.2, 0) is 12.2 Å². The van der Waals surface area contributed by atoms with Crippen LogP contribution >= 0.6 is 46.7 Å². The Bertz CT molecular complexity index is 660. The lowest BCUT2D eigenvalue weighted by molar-refractivity contribution is 0.276. The Kier molecular flexibility index (Phi) is 7.63. The summed E-state index contributed by atoms with van der Waals surface area (Å²) in [7, 11) is 1.65. The van der Waals surface area contributed by atoms with Gasteiger partial charge in [0.2, 0.25) is 4.45 Å². The van der Waals surface area contributed by atoms with Crippen LogP contribution in [0.5, 0.6) is 5.75 Å². The monoisotopic (exact) mass is 386 g/mol. The molecule has 122 valence electrons. The topological polar surface area (TPSA) is 26.3 Å². The fourth-order valence-electron chi connectivity index (χ4n) is 1.86. The van der Waals surface area contributed by atoms with Crippen molar-refractivity contribution in [3.8, 4) is 5.75 Å². The first kappa shape index (κ1) is 18.5. The van der Waals surface area contributed by atoms with Gasteiger partial charge in [0.15, 0.2) is 0 Å². The molecule has 2 aromatic carbocycles. The molecular weight excluding hydrogens is 371 g/mol. The lowest BCUT2D eigenvalue weighted by Crippen LogP contribution is -1.93. The first-order valence-electron chi connectivity index (χ1n) is 6.95. The van der Waals surface area contributed by atoms with Crippen molar-refractivity contribution in [2.24, 2.45) is 0 Å². The maximum atomic E-state index is 11.9. The minimum atomic E-state index is 0.101. The van der Waals surface area contributed by atoms with Gasteiger partial charge in [0.1, 0.15) is 5.75 Å². The SMILES string of the molecule is COc1ccc(CCSC(=O)SCc2ccc(Cl)cc2Cl)cc1. The van der Waals surface area contributed by atoms with E-state index in [4.69, 9.17) is 27.9 Å². The van der Waals surface area contributed by atoms with Gasteiger partial charge in [-0.05, 0) is 41.8 Å². The van der Waals surface area contributed by atoms with Gasteiger partial charge in [-0.1, -0.05) is 64.9 Å². The molecule has 0 aliphatic heterocycles. The highest BCUT2D eigenvalue weighted by atomic mass is 35.5. The summed E-state index contributed by atoms with van der Waals surface area (Å²) in [5.74, 6) is 2.16. The Morgan fingerprint density at radius 3 is 2.48 bits per heavy atom. The maximum absolute atomic E-state index is 11.9. The summed E-state index contributed by atoms with van der Waals surface area (Å²) < 4.78 is 5.22. The molecule has 0 saturated carbocycles. The van der Waals surface area contributed by atoms with Crippen molar-refractivity contribution in [2.75, 3.05) is 12.9 Å². The number of benzene rings is 2. The summed E-state index contributed by atoms with van der Waals surface area (Å²) in [5, 5.41) is 1.20. The van der Waals surface area contributed by atoms with E-state index in [2.05, 4.69) is 0 Å². The van der Waals surface area contributed by atoms with Gasteiger partial charge in [0.25, 0.3) is 0 Å². The van der Waals surface area contributed by atoms with Gasteiger partial charge in [-0.3, -0.25) is 4.79 Å². The van der Waals surface area contributed by atoms with Crippen LogP contribution in [0.3, 0.4) is 0 Å². The van der Waals surface area contributed by atoms with Gasteiger partial charge < -0.3 is 4.74 Å². The van der Waals surface area contributed by atoms with Gasteiger partial charge >= 0.3 is 0 Å². The van der Waals surface area contributed by atoms with Crippen LogP contribution in [0, 0.1) is 0 Å². The van der Waals surface area contributed by atoms with Crippen molar-refractivity contribution in [1.29, 1.82) is 0 Å². The van der Waals surface area contributed by atoms with Crippen LogP contribution < -0.4 is 4.74 Å². The number of thioether (sulfide) groups is 2. The largest absolute Gasteiger partial charge is 0.497 e. The second-order valence-corrected chi connectivity index (χ2v) is 7.84. The Balaban J connectivity index is 1.72. The van der Waals surface area contributed by atoms with Crippen molar-refractivity contribution in [3.63, 3.8) is 0 Å². The molecule has 2 rings (SSSR count). The van der Waals surface area contributed by atoms with Crippen LogP contribution in [0.2, 0.25) is 10.0 Å². The van der Waals surface area contributed by atoms with Crippen molar-refractivity contribution in [1.82, 2.24) is 0 Å². The molecule has 0 aromatic heterocycles. The molecule has 0 saturated heterocycles. The number of ether oxygens (including phenoxy) is 1. The van der Waals surface area contributed by atoms with Gasteiger partial charge in [0.05, 0.1) is 7.11 Å². The molecule has 0 heterocycles. The van der Waals surface area contributed by atoms with Gasteiger partial charge in [0, 0.05) is 21.6 Å². The van der Waals surface area contributed by atoms with Crippen LogP contribution in [0.4, 0.5) is 4.79 Å². The summed E-state index contributed by atoms with van der Waals surface area (Å²) in [5.41, 5.74) is 2.11. The van der Waals surface area contributed by atoms with Crippen molar-refractivity contribution >= 4 is 51.2 Å². The van der Waals surface area contributed by atoms with Crippen molar-refractivity contribution < 1.29 is 9.53 Å². The molecule has 0 radical (unpaired) electrons. The summed E-state index contributed by atoms with van der Waals surface area (Å²) in [4.78, 5) is 11.9. The first-order chi connectivity index (χ1) is 11.1. The second kappa shape index (κ2) is 9.48. The van der Waals surface area contributed by atoms with E-state index in [9.17, 15) is 4.79 Å². The number of carbonyl (C=O) groups excluding carboxylic acids is 1. The minimum absolute atomic E-state index is 0.101. The van der Waals surface area contributed by atoms with E-state index in [1.54, 1.807) is 19.2 Å². The van der Waals surface area contributed by atoms with Crippen LogP contribution in [0.25, 0.3) is 0 Å². The van der Waals surface area contributed by atoms with E-state index in [1.165, 1.54) is 29.1 Å². The van der Waals surface area contributed by atoms with E-state index in [0.29, 0.717) is 15.8 Å². The van der Waals surface area contributed by atoms with Crippen LogP contribution in [-0.4, -0.2) is 17.3 Å². The predicted molar refractivity (Wildman–Crippen MR) is 102 cm³/mol. The molecule has 0 bridgehead atoms. The molecular formula is C17H16Cl2O2S2. The Morgan fingerprint density at radius 2 is 1.83 bits per heavy atom. The lowest BCUT2D eigenvalue weighted by atomic mass is 10.2.